The summed E-state index contributed by atoms with van der Waals surface area (Å²) in [5.41, 5.74) is -0.583. The quantitative estimate of drug-likeness (QED) is 0.738. The summed E-state index contributed by atoms with van der Waals surface area (Å²) >= 11 is 3.08. The molecule has 104 valence electrons. The van der Waals surface area contributed by atoms with Gasteiger partial charge in [0.2, 0.25) is 0 Å². The van der Waals surface area contributed by atoms with Crippen molar-refractivity contribution in [1.82, 2.24) is 9.55 Å². The predicted octanol–water partition coefficient (Wildman–Crippen LogP) is 0.207. The average molecular weight is 331 g/mol. The zero-order valence-electron chi connectivity index (χ0n) is 10.1. The lowest BCUT2D eigenvalue weighted by Crippen LogP contribution is -2.32. The van der Waals surface area contributed by atoms with E-state index < -0.39 is 17.4 Å². The zero-order chi connectivity index (χ0) is 14.0. The van der Waals surface area contributed by atoms with Crippen molar-refractivity contribution in [1.29, 1.82) is 0 Å². The molecule has 3 atom stereocenters. The van der Waals surface area contributed by atoms with E-state index in [0.29, 0.717) is 18.4 Å². The van der Waals surface area contributed by atoms with Crippen LogP contribution in [0.3, 0.4) is 0 Å². The molecule has 1 aromatic rings. The van der Waals surface area contributed by atoms with E-state index in [1.165, 1.54) is 15.7 Å². The molecule has 7 heteroatoms. The molecule has 0 spiro atoms. The summed E-state index contributed by atoms with van der Waals surface area (Å²) < 4.78 is 1.42. The molecule has 0 amide bonds. The Bertz CT molecular complexity index is 592. The molecule has 1 aliphatic carbocycles. The molecule has 1 saturated carbocycles. The van der Waals surface area contributed by atoms with Gasteiger partial charge in [-0.15, -0.1) is 0 Å². The third-order valence-electron chi connectivity index (χ3n) is 3.50. The number of nitrogens with zero attached hydrogens (tertiary/aromatic N) is 1. The minimum Gasteiger partial charge on any atom is -0.396 e. The fourth-order valence-corrected chi connectivity index (χ4v) is 2.74. The standard InChI is InChI=1S/C12H15BrN2O4/c13-2-1-7-5-15(12(19)14-11(7)18)9-3-8(6-16)10(17)4-9/h1-2,5,8-10,16-17H,3-4,6H2,(H,14,18,19)/b2-1+/t8-,9+,10+/m1/s1. The van der Waals surface area contributed by atoms with E-state index in [1.54, 1.807) is 6.08 Å². The van der Waals surface area contributed by atoms with E-state index >= 15 is 0 Å². The van der Waals surface area contributed by atoms with Crippen molar-refractivity contribution in [3.05, 3.63) is 37.6 Å². The third kappa shape index (κ3) is 2.88. The van der Waals surface area contributed by atoms with Gasteiger partial charge in [0.15, 0.2) is 0 Å². The maximum absolute atomic E-state index is 11.8. The normalized spacial score (nSPS) is 27.2. The Morgan fingerprint density at radius 2 is 2.21 bits per heavy atom. The molecule has 0 aliphatic heterocycles. The lowest BCUT2D eigenvalue weighted by atomic mass is 10.1. The minimum absolute atomic E-state index is 0.107. The Labute approximate surface area is 117 Å². The molecule has 0 aromatic carbocycles. The van der Waals surface area contributed by atoms with Crippen LogP contribution >= 0.6 is 15.9 Å². The average Bonchev–Trinajstić information content (AvgIpc) is 2.74. The highest BCUT2D eigenvalue weighted by molar-refractivity contribution is 9.11. The number of halogens is 1. The van der Waals surface area contributed by atoms with Crippen molar-refractivity contribution in [2.24, 2.45) is 5.92 Å². The van der Waals surface area contributed by atoms with Crippen molar-refractivity contribution >= 4 is 22.0 Å². The van der Waals surface area contributed by atoms with Crippen LogP contribution in [-0.2, 0) is 0 Å². The number of H-pyrrole nitrogens is 1. The lowest BCUT2D eigenvalue weighted by Gasteiger charge is -2.13. The van der Waals surface area contributed by atoms with Crippen LogP contribution in [-0.4, -0.2) is 32.5 Å². The Balaban J connectivity index is 2.38. The van der Waals surface area contributed by atoms with Crippen molar-refractivity contribution in [3.63, 3.8) is 0 Å². The van der Waals surface area contributed by atoms with Gasteiger partial charge in [0, 0.05) is 24.8 Å². The van der Waals surface area contributed by atoms with Gasteiger partial charge in [-0.05, 0) is 23.9 Å². The van der Waals surface area contributed by atoms with Crippen LogP contribution in [0.1, 0.15) is 24.4 Å². The lowest BCUT2D eigenvalue weighted by molar-refractivity contribution is 0.0906. The van der Waals surface area contributed by atoms with Gasteiger partial charge in [-0.1, -0.05) is 15.9 Å². The van der Waals surface area contributed by atoms with Crippen LogP contribution < -0.4 is 11.2 Å². The van der Waals surface area contributed by atoms with Crippen molar-refractivity contribution in [2.75, 3.05) is 6.61 Å². The number of aromatic amines is 1. The molecule has 0 unspecified atom stereocenters. The molecular formula is C12H15BrN2O4. The summed E-state index contributed by atoms with van der Waals surface area (Å²) in [5, 5.41) is 18.9. The Morgan fingerprint density at radius 3 is 2.79 bits per heavy atom. The van der Waals surface area contributed by atoms with E-state index in [9.17, 15) is 14.7 Å². The largest absolute Gasteiger partial charge is 0.396 e. The van der Waals surface area contributed by atoms with Gasteiger partial charge in [-0.2, -0.15) is 0 Å². The topological polar surface area (TPSA) is 95.3 Å². The Kier molecular flexibility index (Phi) is 4.38. The maximum atomic E-state index is 11.8. The third-order valence-corrected chi connectivity index (χ3v) is 3.76. The molecule has 2 rings (SSSR count). The second-order valence-electron chi connectivity index (χ2n) is 4.68. The summed E-state index contributed by atoms with van der Waals surface area (Å²) in [6.45, 7) is -0.107. The van der Waals surface area contributed by atoms with Crippen LogP contribution in [0.2, 0.25) is 0 Å². The number of aliphatic hydroxyl groups excluding tert-OH is 2. The molecule has 1 aliphatic rings. The predicted molar refractivity (Wildman–Crippen MR) is 74.1 cm³/mol. The number of hydrogen-bond donors (Lipinski definition) is 3. The summed E-state index contributed by atoms with van der Waals surface area (Å²) in [6.07, 6.45) is 3.32. The van der Waals surface area contributed by atoms with E-state index in [-0.39, 0.29) is 18.6 Å². The van der Waals surface area contributed by atoms with Crippen molar-refractivity contribution < 1.29 is 10.2 Å². The van der Waals surface area contributed by atoms with Gasteiger partial charge in [0.1, 0.15) is 0 Å². The molecule has 0 bridgehead atoms. The molecule has 0 saturated heterocycles. The second-order valence-corrected chi connectivity index (χ2v) is 5.21. The first kappa shape index (κ1) is 14.2. The summed E-state index contributed by atoms with van der Waals surface area (Å²) in [7, 11) is 0. The van der Waals surface area contributed by atoms with Gasteiger partial charge in [-0.3, -0.25) is 14.3 Å². The SMILES string of the molecule is O=c1[nH]c(=O)n([C@H]2C[C@H](CO)[C@@H](O)C2)cc1/C=C/Br. The van der Waals surface area contributed by atoms with Gasteiger partial charge in [0.05, 0.1) is 11.7 Å². The minimum atomic E-state index is -0.621. The van der Waals surface area contributed by atoms with Crippen LogP contribution in [0.15, 0.2) is 20.8 Å². The smallest absolute Gasteiger partial charge is 0.328 e. The maximum Gasteiger partial charge on any atom is 0.328 e. The zero-order valence-corrected chi connectivity index (χ0v) is 11.7. The van der Waals surface area contributed by atoms with E-state index in [4.69, 9.17) is 5.11 Å². The van der Waals surface area contributed by atoms with Crippen LogP contribution in [0.25, 0.3) is 6.08 Å². The summed E-state index contributed by atoms with van der Waals surface area (Å²) in [6, 6.07) is -0.209. The van der Waals surface area contributed by atoms with Gasteiger partial charge < -0.3 is 10.2 Å². The molecular weight excluding hydrogens is 316 g/mol. The fourth-order valence-electron chi connectivity index (χ4n) is 2.46. The molecule has 1 aromatic heterocycles. The molecule has 0 radical (unpaired) electrons. The van der Waals surface area contributed by atoms with Crippen molar-refractivity contribution in [3.8, 4) is 0 Å². The van der Waals surface area contributed by atoms with E-state index in [0.717, 1.165) is 0 Å². The number of rotatable bonds is 3. The van der Waals surface area contributed by atoms with Gasteiger partial charge in [0.25, 0.3) is 5.56 Å². The number of hydrogen-bond acceptors (Lipinski definition) is 4. The molecule has 1 heterocycles. The number of nitrogens with one attached hydrogen (secondary N) is 1. The van der Waals surface area contributed by atoms with E-state index in [1.807, 2.05) is 0 Å². The summed E-state index contributed by atoms with van der Waals surface area (Å²) in [5.74, 6) is -0.223. The highest BCUT2D eigenvalue weighted by atomic mass is 79.9. The summed E-state index contributed by atoms with van der Waals surface area (Å²) in [4.78, 5) is 27.2. The molecule has 1 fully saturated rings. The molecule has 6 nitrogen and oxygen atoms in total. The first-order valence-electron chi connectivity index (χ1n) is 5.98. The second kappa shape index (κ2) is 5.85. The highest BCUT2D eigenvalue weighted by Crippen LogP contribution is 2.33. The van der Waals surface area contributed by atoms with Crippen molar-refractivity contribution in [2.45, 2.75) is 25.0 Å². The van der Waals surface area contributed by atoms with Crippen LogP contribution in [0.4, 0.5) is 0 Å². The number of aromatic nitrogens is 2. The van der Waals surface area contributed by atoms with Crippen LogP contribution in [0.5, 0.6) is 0 Å². The Morgan fingerprint density at radius 1 is 1.47 bits per heavy atom. The first-order chi connectivity index (χ1) is 9.06. The Hall–Kier alpha value is -1.18. The monoisotopic (exact) mass is 330 g/mol. The molecule has 3 N–H and O–H groups in total. The van der Waals surface area contributed by atoms with Crippen LogP contribution in [0, 0.1) is 5.92 Å². The van der Waals surface area contributed by atoms with Gasteiger partial charge in [-0.25, -0.2) is 4.79 Å². The number of aliphatic hydroxyl groups is 2. The van der Waals surface area contributed by atoms with Gasteiger partial charge >= 0.3 is 5.69 Å². The molecule has 19 heavy (non-hydrogen) atoms. The highest BCUT2D eigenvalue weighted by Gasteiger charge is 2.34. The van der Waals surface area contributed by atoms with E-state index in [2.05, 4.69) is 20.9 Å². The fraction of sp³-hybridized carbons (Fsp3) is 0.500. The first-order valence-corrected chi connectivity index (χ1v) is 6.89.